The van der Waals surface area contributed by atoms with Gasteiger partial charge in [-0.25, -0.2) is 0 Å². The Morgan fingerprint density at radius 3 is 2.71 bits per heavy atom. The Balaban J connectivity index is 2.00. The molecule has 0 saturated carbocycles. The minimum Gasteiger partial charge on any atom is -0.346 e. The van der Waals surface area contributed by atoms with Gasteiger partial charge >= 0.3 is 0 Å². The number of hydrogen-bond acceptors (Lipinski definition) is 4. The summed E-state index contributed by atoms with van der Waals surface area (Å²) in [6, 6.07) is 1.62. The number of amides is 2. The van der Waals surface area contributed by atoms with E-state index in [1.54, 1.807) is 11.0 Å². The van der Waals surface area contributed by atoms with E-state index in [1.807, 2.05) is 27.7 Å². The third kappa shape index (κ3) is 3.41. The van der Waals surface area contributed by atoms with Gasteiger partial charge in [-0.2, -0.15) is 5.10 Å². The van der Waals surface area contributed by atoms with Gasteiger partial charge in [-0.1, -0.05) is 0 Å². The normalized spacial score (nSPS) is 19.4. The predicted octanol–water partition coefficient (Wildman–Crippen LogP) is 0.343. The molecular weight excluding hydrogens is 270 g/mol. The van der Waals surface area contributed by atoms with E-state index in [2.05, 4.69) is 15.5 Å². The number of likely N-dealkylation sites (tertiary alicyclic amines) is 1. The van der Waals surface area contributed by atoms with Gasteiger partial charge < -0.3 is 16.0 Å². The molecule has 0 radical (unpaired) electrons. The molecule has 0 aromatic carbocycles. The van der Waals surface area contributed by atoms with Gasteiger partial charge in [-0.15, -0.1) is 0 Å². The lowest BCUT2D eigenvalue weighted by atomic mass is 10.0. The molecule has 1 saturated heterocycles. The molecule has 0 bridgehead atoms. The summed E-state index contributed by atoms with van der Waals surface area (Å²) in [5.41, 5.74) is 6.35. The molecule has 4 N–H and O–H groups in total. The fourth-order valence-electron chi connectivity index (χ4n) is 2.35. The minimum atomic E-state index is -0.580. The molecular formula is C14H23N5O2. The Kier molecular flexibility index (Phi) is 4.04. The van der Waals surface area contributed by atoms with Crippen LogP contribution < -0.4 is 11.1 Å². The van der Waals surface area contributed by atoms with Crippen molar-refractivity contribution in [3.63, 3.8) is 0 Å². The van der Waals surface area contributed by atoms with Crippen LogP contribution >= 0.6 is 0 Å². The zero-order valence-corrected chi connectivity index (χ0v) is 12.9. The zero-order valence-electron chi connectivity index (χ0n) is 12.9. The van der Waals surface area contributed by atoms with Crippen molar-refractivity contribution in [2.45, 2.75) is 51.7 Å². The first-order valence-corrected chi connectivity index (χ1v) is 7.13. The van der Waals surface area contributed by atoms with E-state index in [4.69, 9.17) is 5.73 Å². The van der Waals surface area contributed by atoms with E-state index in [0.717, 1.165) is 0 Å². The van der Waals surface area contributed by atoms with Crippen molar-refractivity contribution < 1.29 is 9.59 Å². The smallest absolute Gasteiger partial charge is 0.272 e. The number of H-pyrrole nitrogens is 1. The molecule has 1 atom stereocenters. The van der Waals surface area contributed by atoms with Crippen LogP contribution in [0, 0.1) is 0 Å². The van der Waals surface area contributed by atoms with Crippen molar-refractivity contribution in [1.82, 2.24) is 20.4 Å². The van der Waals surface area contributed by atoms with Gasteiger partial charge in [0.15, 0.2) is 0 Å². The van der Waals surface area contributed by atoms with Crippen LogP contribution in [0.4, 0.5) is 0 Å². The lowest BCUT2D eigenvalue weighted by Gasteiger charge is -2.20. The largest absolute Gasteiger partial charge is 0.346 e. The number of carbonyl (C=O) groups is 2. The van der Waals surface area contributed by atoms with E-state index in [0.29, 0.717) is 24.4 Å². The Morgan fingerprint density at radius 1 is 1.57 bits per heavy atom. The maximum atomic E-state index is 12.2. The van der Waals surface area contributed by atoms with E-state index in [1.165, 1.54) is 0 Å². The molecule has 0 spiro atoms. The summed E-state index contributed by atoms with van der Waals surface area (Å²) in [6.07, 6.45) is 0.337. The zero-order chi connectivity index (χ0) is 15.8. The summed E-state index contributed by atoms with van der Waals surface area (Å²) >= 11 is 0. The highest BCUT2D eigenvalue weighted by molar-refractivity contribution is 5.93. The summed E-state index contributed by atoms with van der Waals surface area (Å²) in [5.74, 6) is -0.216. The van der Waals surface area contributed by atoms with E-state index in [9.17, 15) is 9.59 Å². The molecule has 2 amide bonds. The number of aromatic amines is 1. The second-order valence-corrected chi connectivity index (χ2v) is 6.40. The van der Waals surface area contributed by atoms with Crippen LogP contribution in [0.3, 0.4) is 0 Å². The van der Waals surface area contributed by atoms with Gasteiger partial charge in [0.25, 0.3) is 5.91 Å². The topological polar surface area (TPSA) is 104 Å². The Bertz CT molecular complexity index is 544. The molecule has 1 aliphatic heterocycles. The molecule has 1 aromatic rings. The summed E-state index contributed by atoms with van der Waals surface area (Å²) < 4.78 is 0. The maximum Gasteiger partial charge on any atom is 0.272 e. The second kappa shape index (κ2) is 5.48. The Morgan fingerprint density at radius 2 is 2.24 bits per heavy atom. The van der Waals surface area contributed by atoms with Crippen molar-refractivity contribution in [1.29, 1.82) is 0 Å². The van der Waals surface area contributed by atoms with Crippen LogP contribution in [0.2, 0.25) is 0 Å². The third-order valence-corrected chi connectivity index (χ3v) is 3.62. The summed E-state index contributed by atoms with van der Waals surface area (Å²) in [4.78, 5) is 25.7. The molecule has 1 unspecified atom stereocenters. The Hall–Kier alpha value is -1.89. The van der Waals surface area contributed by atoms with Crippen LogP contribution in [-0.4, -0.2) is 45.5 Å². The highest BCUT2D eigenvalue weighted by atomic mass is 16.2. The van der Waals surface area contributed by atoms with Crippen LogP contribution in [-0.2, 0) is 10.3 Å². The van der Waals surface area contributed by atoms with Gasteiger partial charge in [-0.05, 0) is 33.8 Å². The monoisotopic (exact) mass is 293 g/mol. The van der Waals surface area contributed by atoms with Crippen molar-refractivity contribution in [2.75, 3.05) is 6.54 Å². The standard InChI is InChI=1S/C14H23N5O2/c1-8(2)19-7-9(5-12(19)20)16-13(21)10-6-11(18-17-10)14(3,4)15/h6,8-9H,5,7,15H2,1-4H3,(H,16,21)(H,17,18). The van der Waals surface area contributed by atoms with Crippen LogP contribution in [0.5, 0.6) is 0 Å². The first kappa shape index (κ1) is 15.5. The van der Waals surface area contributed by atoms with Gasteiger partial charge in [0, 0.05) is 19.0 Å². The van der Waals surface area contributed by atoms with Gasteiger partial charge in [0.05, 0.1) is 17.3 Å². The third-order valence-electron chi connectivity index (χ3n) is 3.62. The quantitative estimate of drug-likeness (QED) is 0.744. The molecule has 1 aromatic heterocycles. The van der Waals surface area contributed by atoms with Crippen molar-refractivity contribution in [2.24, 2.45) is 5.73 Å². The fourth-order valence-corrected chi connectivity index (χ4v) is 2.35. The van der Waals surface area contributed by atoms with Crippen LogP contribution in [0.15, 0.2) is 6.07 Å². The predicted molar refractivity (Wildman–Crippen MR) is 78.5 cm³/mol. The van der Waals surface area contributed by atoms with Crippen LogP contribution in [0.1, 0.15) is 50.3 Å². The number of rotatable bonds is 4. The lowest BCUT2D eigenvalue weighted by Crippen LogP contribution is -2.39. The van der Waals surface area contributed by atoms with Crippen LogP contribution in [0.25, 0.3) is 0 Å². The Labute approximate surface area is 124 Å². The average molecular weight is 293 g/mol. The summed E-state index contributed by atoms with van der Waals surface area (Å²) in [7, 11) is 0. The highest BCUT2D eigenvalue weighted by Crippen LogP contribution is 2.17. The molecule has 1 fully saturated rings. The fraction of sp³-hybridized carbons (Fsp3) is 0.643. The summed E-state index contributed by atoms with van der Waals surface area (Å²) in [6.45, 7) is 8.13. The number of aromatic nitrogens is 2. The molecule has 0 aliphatic carbocycles. The molecule has 2 heterocycles. The molecule has 2 rings (SSSR count). The average Bonchev–Trinajstić information content (AvgIpc) is 2.94. The number of nitrogens with two attached hydrogens (primary N) is 1. The highest BCUT2D eigenvalue weighted by Gasteiger charge is 2.32. The van der Waals surface area contributed by atoms with Crippen molar-refractivity contribution in [3.8, 4) is 0 Å². The van der Waals surface area contributed by atoms with Gasteiger partial charge in [0.2, 0.25) is 5.91 Å². The molecule has 7 nitrogen and oxygen atoms in total. The van der Waals surface area contributed by atoms with Crippen molar-refractivity contribution >= 4 is 11.8 Å². The first-order chi connectivity index (χ1) is 9.68. The van der Waals surface area contributed by atoms with Crippen molar-refractivity contribution in [3.05, 3.63) is 17.5 Å². The number of carbonyl (C=O) groups excluding carboxylic acids is 2. The number of hydrogen-bond donors (Lipinski definition) is 3. The van der Waals surface area contributed by atoms with E-state index >= 15 is 0 Å². The maximum absolute atomic E-state index is 12.2. The van der Waals surface area contributed by atoms with Gasteiger partial charge in [0.1, 0.15) is 5.69 Å². The van der Waals surface area contributed by atoms with Gasteiger partial charge in [-0.3, -0.25) is 14.7 Å². The summed E-state index contributed by atoms with van der Waals surface area (Å²) in [5, 5.41) is 9.61. The number of nitrogens with one attached hydrogen (secondary N) is 2. The molecule has 21 heavy (non-hydrogen) atoms. The minimum absolute atomic E-state index is 0.0705. The van der Waals surface area contributed by atoms with E-state index < -0.39 is 5.54 Å². The molecule has 1 aliphatic rings. The molecule has 116 valence electrons. The SMILES string of the molecule is CC(C)N1CC(NC(=O)c2cc(C(C)(C)N)[nH]n2)CC1=O. The number of nitrogens with zero attached hydrogens (tertiary/aromatic N) is 2. The lowest BCUT2D eigenvalue weighted by molar-refractivity contribution is -0.129. The van der Waals surface area contributed by atoms with E-state index in [-0.39, 0.29) is 23.9 Å². The first-order valence-electron chi connectivity index (χ1n) is 7.13. The second-order valence-electron chi connectivity index (χ2n) is 6.40. The molecule has 7 heteroatoms.